The highest BCUT2D eigenvalue weighted by atomic mass is 32.2. The predicted octanol–water partition coefficient (Wildman–Crippen LogP) is 1.35. The maximum absolute atomic E-state index is 11.9. The van der Waals surface area contributed by atoms with Crippen LogP contribution in [0.15, 0.2) is 16.8 Å². The molecule has 4 nitrogen and oxygen atoms in total. The zero-order chi connectivity index (χ0) is 13.0. The minimum Gasteiger partial charge on any atom is -0.313 e. The molecule has 2 N–H and O–H groups in total. The van der Waals surface area contributed by atoms with Gasteiger partial charge in [0.15, 0.2) is 0 Å². The van der Waals surface area contributed by atoms with Crippen LogP contribution < -0.4 is 10.0 Å². The molecule has 0 amide bonds. The summed E-state index contributed by atoms with van der Waals surface area (Å²) < 4.78 is 26.6. The summed E-state index contributed by atoms with van der Waals surface area (Å²) >= 11 is 1.63. The molecule has 0 saturated heterocycles. The molecule has 1 heterocycles. The van der Waals surface area contributed by atoms with Gasteiger partial charge in [-0.25, -0.2) is 13.1 Å². The Morgan fingerprint density at radius 1 is 1.50 bits per heavy atom. The van der Waals surface area contributed by atoms with Crippen molar-refractivity contribution in [2.75, 3.05) is 13.1 Å². The number of rotatable bonds is 8. The van der Waals surface area contributed by atoms with Gasteiger partial charge in [0.05, 0.1) is 5.25 Å². The van der Waals surface area contributed by atoms with Gasteiger partial charge >= 0.3 is 0 Å². The summed E-state index contributed by atoms with van der Waals surface area (Å²) in [7, 11) is -3.19. The molecule has 6 heteroatoms. The van der Waals surface area contributed by atoms with Crippen molar-refractivity contribution in [3.63, 3.8) is 0 Å². The fourth-order valence-corrected chi connectivity index (χ4v) is 3.33. The van der Waals surface area contributed by atoms with Crippen molar-refractivity contribution in [2.24, 2.45) is 0 Å². The van der Waals surface area contributed by atoms with Crippen LogP contribution in [0.5, 0.6) is 0 Å². The third-order valence-electron chi connectivity index (χ3n) is 3.10. The van der Waals surface area contributed by atoms with E-state index in [1.165, 1.54) is 18.4 Å². The van der Waals surface area contributed by atoms with Crippen LogP contribution in [0.3, 0.4) is 0 Å². The number of sulfonamides is 1. The van der Waals surface area contributed by atoms with Gasteiger partial charge in [-0.1, -0.05) is 0 Å². The molecule has 0 aliphatic heterocycles. The van der Waals surface area contributed by atoms with Crippen LogP contribution in [-0.4, -0.2) is 32.8 Å². The van der Waals surface area contributed by atoms with Crippen molar-refractivity contribution in [1.82, 2.24) is 10.0 Å². The summed E-state index contributed by atoms with van der Waals surface area (Å²) in [6.07, 6.45) is 3.11. The topological polar surface area (TPSA) is 58.2 Å². The van der Waals surface area contributed by atoms with E-state index in [0.29, 0.717) is 19.1 Å². The van der Waals surface area contributed by atoms with Crippen LogP contribution in [0.25, 0.3) is 0 Å². The first-order valence-corrected chi connectivity index (χ1v) is 8.80. The summed E-state index contributed by atoms with van der Waals surface area (Å²) in [5, 5.41) is 6.93. The first-order chi connectivity index (χ1) is 8.58. The van der Waals surface area contributed by atoms with E-state index < -0.39 is 10.0 Å². The minimum absolute atomic E-state index is 0.374. The number of hydrogen-bond acceptors (Lipinski definition) is 4. The van der Waals surface area contributed by atoms with Crippen molar-refractivity contribution in [3.05, 3.63) is 22.4 Å². The van der Waals surface area contributed by atoms with Gasteiger partial charge in [0.25, 0.3) is 0 Å². The SMILES string of the molecule is CC(CNC1CC1)S(=O)(=O)NCCc1ccsc1. The second-order valence-electron chi connectivity index (χ2n) is 4.81. The zero-order valence-corrected chi connectivity index (χ0v) is 12.2. The monoisotopic (exact) mass is 288 g/mol. The highest BCUT2D eigenvalue weighted by Gasteiger charge is 2.25. The van der Waals surface area contributed by atoms with Crippen LogP contribution in [0.2, 0.25) is 0 Å². The minimum atomic E-state index is -3.19. The van der Waals surface area contributed by atoms with Crippen LogP contribution in [0.4, 0.5) is 0 Å². The second kappa shape index (κ2) is 6.14. The van der Waals surface area contributed by atoms with Crippen molar-refractivity contribution in [1.29, 1.82) is 0 Å². The summed E-state index contributed by atoms with van der Waals surface area (Å²) in [5.74, 6) is 0. The van der Waals surface area contributed by atoms with E-state index in [0.717, 1.165) is 6.42 Å². The number of thiophene rings is 1. The average molecular weight is 288 g/mol. The molecule has 18 heavy (non-hydrogen) atoms. The van der Waals surface area contributed by atoms with Gasteiger partial charge in [-0.15, -0.1) is 0 Å². The highest BCUT2D eigenvalue weighted by Crippen LogP contribution is 2.18. The van der Waals surface area contributed by atoms with Gasteiger partial charge in [0, 0.05) is 19.1 Å². The first kappa shape index (κ1) is 14.0. The van der Waals surface area contributed by atoms with Gasteiger partial charge in [-0.05, 0) is 48.6 Å². The Morgan fingerprint density at radius 3 is 2.89 bits per heavy atom. The largest absolute Gasteiger partial charge is 0.313 e. The molecular formula is C12H20N2O2S2. The van der Waals surface area contributed by atoms with Gasteiger partial charge in [0.1, 0.15) is 0 Å². The lowest BCUT2D eigenvalue weighted by atomic mass is 10.2. The Bertz CT molecular complexity index is 452. The van der Waals surface area contributed by atoms with Gasteiger partial charge in [-0.2, -0.15) is 11.3 Å². The van der Waals surface area contributed by atoms with E-state index in [9.17, 15) is 8.42 Å². The third-order valence-corrected chi connectivity index (χ3v) is 5.66. The summed E-state index contributed by atoms with van der Waals surface area (Å²) in [6.45, 7) is 2.77. The second-order valence-corrected chi connectivity index (χ2v) is 7.78. The van der Waals surface area contributed by atoms with Crippen LogP contribution in [0.1, 0.15) is 25.3 Å². The predicted molar refractivity (Wildman–Crippen MR) is 75.4 cm³/mol. The fraction of sp³-hybridized carbons (Fsp3) is 0.667. The molecule has 1 fully saturated rings. The van der Waals surface area contributed by atoms with Crippen molar-refractivity contribution >= 4 is 21.4 Å². The average Bonchev–Trinajstić information content (AvgIpc) is 3.02. The molecule has 1 aliphatic rings. The summed E-state index contributed by atoms with van der Waals surface area (Å²) in [6, 6.07) is 2.57. The lowest BCUT2D eigenvalue weighted by Gasteiger charge is -2.14. The van der Waals surface area contributed by atoms with E-state index in [2.05, 4.69) is 10.0 Å². The van der Waals surface area contributed by atoms with Gasteiger partial charge in [-0.3, -0.25) is 0 Å². The van der Waals surface area contributed by atoms with Crippen LogP contribution in [-0.2, 0) is 16.4 Å². The molecule has 0 bridgehead atoms. The maximum atomic E-state index is 11.9. The summed E-state index contributed by atoms with van der Waals surface area (Å²) in [4.78, 5) is 0. The van der Waals surface area contributed by atoms with E-state index in [4.69, 9.17) is 0 Å². The van der Waals surface area contributed by atoms with E-state index >= 15 is 0 Å². The van der Waals surface area contributed by atoms with Crippen molar-refractivity contribution < 1.29 is 8.42 Å². The molecule has 1 unspecified atom stereocenters. The Kier molecular flexibility index (Phi) is 4.77. The quantitative estimate of drug-likeness (QED) is 0.759. The Balaban J connectivity index is 1.71. The Hall–Kier alpha value is -0.430. The van der Waals surface area contributed by atoms with E-state index in [1.54, 1.807) is 18.3 Å². The third kappa shape index (κ3) is 4.35. The number of hydrogen-bond donors (Lipinski definition) is 2. The molecule has 0 radical (unpaired) electrons. The molecule has 1 atom stereocenters. The standard InChI is InChI=1S/C12H20N2O2S2/c1-10(8-13-12-2-3-12)18(15,16)14-6-4-11-5-7-17-9-11/h5,7,9-10,12-14H,2-4,6,8H2,1H3. The summed E-state index contributed by atoms with van der Waals surface area (Å²) in [5.41, 5.74) is 1.19. The van der Waals surface area contributed by atoms with Crippen LogP contribution in [0, 0.1) is 0 Å². The Labute approximate surface area is 113 Å². The highest BCUT2D eigenvalue weighted by molar-refractivity contribution is 7.90. The normalized spacial score (nSPS) is 17.8. The van der Waals surface area contributed by atoms with E-state index in [-0.39, 0.29) is 5.25 Å². The number of nitrogens with one attached hydrogen (secondary N) is 2. The van der Waals surface area contributed by atoms with Crippen molar-refractivity contribution in [2.45, 2.75) is 37.5 Å². The lowest BCUT2D eigenvalue weighted by Crippen LogP contribution is -2.40. The molecule has 1 saturated carbocycles. The molecule has 1 aromatic rings. The molecule has 2 rings (SSSR count). The van der Waals surface area contributed by atoms with Gasteiger partial charge in [0.2, 0.25) is 10.0 Å². The van der Waals surface area contributed by atoms with Crippen molar-refractivity contribution in [3.8, 4) is 0 Å². The molecular weight excluding hydrogens is 268 g/mol. The molecule has 1 aliphatic carbocycles. The lowest BCUT2D eigenvalue weighted by molar-refractivity contribution is 0.557. The zero-order valence-electron chi connectivity index (χ0n) is 10.6. The maximum Gasteiger partial charge on any atom is 0.215 e. The van der Waals surface area contributed by atoms with Gasteiger partial charge < -0.3 is 5.32 Å². The van der Waals surface area contributed by atoms with Crippen LogP contribution >= 0.6 is 11.3 Å². The first-order valence-electron chi connectivity index (χ1n) is 6.31. The molecule has 1 aromatic heterocycles. The molecule has 102 valence electrons. The fourth-order valence-electron chi connectivity index (χ4n) is 1.64. The molecule has 0 aromatic carbocycles. The Morgan fingerprint density at radius 2 is 2.28 bits per heavy atom. The smallest absolute Gasteiger partial charge is 0.215 e. The molecule has 0 spiro atoms. The van der Waals surface area contributed by atoms with E-state index in [1.807, 2.05) is 16.8 Å².